The summed E-state index contributed by atoms with van der Waals surface area (Å²) in [7, 11) is 0. The van der Waals surface area contributed by atoms with Crippen molar-refractivity contribution >= 4 is 45.7 Å². The van der Waals surface area contributed by atoms with Gasteiger partial charge in [0, 0.05) is 0 Å². The van der Waals surface area contributed by atoms with Crippen LogP contribution in [0.5, 0.6) is 0 Å². The minimum atomic E-state index is -4.71. The molecular formula is C19H13ClF3N3O2. The number of benzene rings is 3. The number of nitrogens with two attached hydrogens (primary N) is 1. The van der Waals surface area contributed by atoms with Gasteiger partial charge in [-0.1, -0.05) is 41.9 Å². The van der Waals surface area contributed by atoms with E-state index in [-0.39, 0.29) is 16.3 Å². The van der Waals surface area contributed by atoms with Crippen molar-refractivity contribution in [3.63, 3.8) is 0 Å². The first-order valence-corrected chi connectivity index (χ1v) is 8.31. The molecule has 0 radical (unpaired) electrons. The monoisotopic (exact) mass is 407 g/mol. The normalized spacial score (nSPS) is 11.3. The van der Waals surface area contributed by atoms with E-state index in [1.54, 1.807) is 24.3 Å². The van der Waals surface area contributed by atoms with Gasteiger partial charge in [0.1, 0.15) is 0 Å². The van der Waals surface area contributed by atoms with Crippen LogP contribution in [0.2, 0.25) is 5.02 Å². The Morgan fingerprint density at radius 2 is 1.57 bits per heavy atom. The maximum Gasteiger partial charge on any atom is 0.418 e. The number of nitrogens with one attached hydrogen (secondary N) is 2. The Bertz CT molecular complexity index is 1080. The number of hydrogen-bond acceptors (Lipinski definition) is 2. The Kier molecular flexibility index (Phi) is 5.15. The molecule has 0 spiro atoms. The fourth-order valence-corrected chi connectivity index (χ4v) is 2.92. The van der Waals surface area contributed by atoms with Crippen molar-refractivity contribution in [1.82, 2.24) is 0 Å². The van der Waals surface area contributed by atoms with E-state index in [9.17, 15) is 22.8 Å². The van der Waals surface area contributed by atoms with Crippen molar-refractivity contribution in [2.45, 2.75) is 6.18 Å². The molecule has 0 aliphatic heterocycles. The molecule has 4 N–H and O–H groups in total. The highest BCUT2D eigenvalue weighted by molar-refractivity contribution is 6.34. The zero-order valence-corrected chi connectivity index (χ0v) is 14.9. The van der Waals surface area contributed by atoms with Gasteiger partial charge >= 0.3 is 12.2 Å². The molecular weight excluding hydrogens is 395 g/mol. The summed E-state index contributed by atoms with van der Waals surface area (Å²) in [6.45, 7) is 0. The van der Waals surface area contributed by atoms with E-state index in [1.165, 1.54) is 18.2 Å². The van der Waals surface area contributed by atoms with E-state index in [4.69, 9.17) is 17.3 Å². The molecule has 0 heterocycles. The van der Waals surface area contributed by atoms with Gasteiger partial charge in [-0.15, -0.1) is 0 Å². The van der Waals surface area contributed by atoms with Crippen molar-refractivity contribution in [3.8, 4) is 0 Å². The molecule has 0 fully saturated rings. The second kappa shape index (κ2) is 7.40. The molecule has 3 aromatic rings. The predicted molar refractivity (Wildman–Crippen MR) is 102 cm³/mol. The SMILES string of the molecule is NC(=O)c1cc2ccccc2cc1NC(=O)Nc1c(Cl)cccc1C(F)(F)F. The van der Waals surface area contributed by atoms with Crippen molar-refractivity contribution in [2.24, 2.45) is 5.73 Å². The summed E-state index contributed by atoms with van der Waals surface area (Å²) in [5.74, 6) is -0.797. The van der Waals surface area contributed by atoms with Crippen LogP contribution in [0.3, 0.4) is 0 Å². The fraction of sp³-hybridized carbons (Fsp3) is 0.0526. The second-order valence-corrected chi connectivity index (χ2v) is 6.26. The Labute approximate surface area is 162 Å². The zero-order valence-electron chi connectivity index (χ0n) is 14.1. The number of urea groups is 1. The molecule has 0 aliphatic carbocycles. The highest BCUT2D eigenvalue weighted by Gasteiger charge is 2.34. The summed E-state index contributed by atoms with van der Waals surface area (Å²) >= 11 is 5.83. The fourth-order valence-electron chi connectivity index (χ4n) is 2.70. The van der Waals surface area contributed by atoms with E-state index in [1.807, 2.05) is 0 Å². The van der Waals surface area contributed by atoms with Crippen LogP contribution >= 0.6 is 11.6 Å². The van der Waals surface area contributed by atoms with Crippen LogP contribution in [0.15, 0.2) is 54.6 Å². The largest absolute Gasteiger partial charge is 0.418 e. The van der Waals surface area contributed by atoms with Gasteiger partial charge in [0.15, 0.2) is 0 Å². The van der Waals surface area contributed by atoms with Crippen LogP contribution in [0.4, 0.5) is 29.3 Å². The summed E-state index contributed by atoms with van der Waals surface area (Å²) in [6.07, 6.45) is -4.71. The summed E-state index contributed by atoms with van der Waals surface area (Å²) in [6, 6.07) is 12.2. The van der Waals surface area contributed by atoms with Gasteiger partial charge in [-0.2, -0.15) is 13.2 Å². The van der Waals surface area contributed by atoms with Gasteiger partial charge < -0.3 is 16.4 Å². The van der Waals surface area contributed by atoms with Crippen molar-refractivity contribution in [2.75, 3.05) is 10.6 Å². The molecule has 0 unspecified atom stereocenters. The van der Waals surface area contributed by atoms with E-state index in [0.717, 1.165) is 12.1 Å². The smallest absolute Gasteiger partial charge is 0.366 e. The van der Waals surface area contributed by atoms with Gasteiger partial charge in [-0.25, -0.2) is 4.79 Å². The lowest BCUT2D eigenvalue weighted by molar-refractivity contribution is -0.136. The lowest BCUT2D eigenvalue weighted by Crippen LogP contribution is -2.24. The van der Waals surface area contributed by atoms with E-state index < -0.39 is 29.4 Å². The number of alkyl halides is 3. The van der Waals surface area contributed by atoms with Gasteiger partial charge in [0.05, 0.1) is 27.5 Å². The number of fused-ring (bicyclic) bond motifs is 1. The number of rotatable bonds is 3. The van der Waals surface area contributed by atoms with Crippen LogP contribution in [0.25, 0.3) is 10.8 Å². The average Bonchev–Trinajstić information content (AvgIpc) is 2.61. The number of carbonyl (C=O) groups is 2. The Balaban J connectivity index is 1.95. The number of carbonyl (C=O) groups excluding carboxylic acids is 2. The van der Waals surface area contributed by atoms with Crippen molar-refractivity contribution in [3.05, 3.63) is 70.7 Å². The van der Waals surface area contributed by atoms with E-state index >= 15 is 0 Å². The summed E-state index contributed by atoms with van der Waals surface area (Å²) in [5, 5.41) is 5.60. The Morgan fingerprint density at radius 1 is 0.929 bits per heavy atom. The summed E-state index contributed by atoms with van der Waals surface area (Å²) < 4.78 is 39.5. The molecule has 28 heavy (non-hydrogen) atoms. The Hall–Kier alpha value is -3.26. The number of amides is 3. The molecule has 144 valence electrons. The second-order valence-electron chi connectivity index (χ2n) is 5.85. The summed E-state index contributed by atoms with van der Waals surface area (Å²) in [5.41, 5.74) is 3.75. The molecule has 9 heteroatoms. The molecule has 0 bridgehead atoms. The lowest BCUT2D eigenvalue weighted by atomic mass is 10.0. The van der Waals surface area contributed by atoms with Gasteiger partial charge in [0.2, 0.25) is 0 Å². The first-order valence-electron chi connectivity index (χ1n) is 7.93. The Morgan fingerprint density at radius 3 is 2.18 bits per heavy atom. The molecule has 0 aliphatic rings. The number of hydrogen-bond donors (Lipinski definition) is 3. The molecule has 5 nitrogen and oxygen atoms in total. The quantitative estimate of drug-likeness (QED) is 0.553. The molecule has 0 atom stereocenters. The zero-order chi connectivity index (χ0) is 20.5. The van der Waals surface area contributed by atoms with Gasteiger partial charge in [-0.3, -0.25) is 4.79 Å². The van der Waals surface area contributed by atoms with Gasteiger partial charge in [0.25, 0.3) is 5.91 Å². The maximum atomic E-state index is 13.2. The molecule has 0 saturated carbocycles. The lowest BCUT2D eigenvalue weighted by Gasteiger charge is -2.16. The van der Waals surface area contributed by atoms with Crippen molar-refractivity contribution < 1.29 is 22.8 Å². The highest BCUT2D eigenvalue weighted by atomic mass is 35.5. The number of halogens is 4. The number of para-hydroxylation sites is 1. The highest BCUT2D eigenvalue weighted by Crippen LogP contribution is 2.38. The van der Waals surface area contributed by atoms with Crippen LogP contribution < -0.4 is 16.4 Å². The molecule has 0 saturated heterocycles. The van der Waals surface area contributed by atoms with Crippen LogP contribution in [-0.2, 0) is 6.18 Å². The third-order valence-corrected chi connectivity index (χ3v) is 4.27. The minimum absolute atomic E-state index is 0.0176. The number of primary amides is 1. The first-order chi connectivity index (χ1) is 13.2. The van der Waals surface area contributed by atoms with E-state index in [0.29, 0.717) is 10.8 Å². The summed E-state index contributed by atoms with van der Waals surface area (Å²) in [4.78, 5) is 24.0. The van der Waals surface area contributed by atoms with Crippen LogP contribution in [-0.4, -0.2) is 11.9 Å². The standard InChI is InChI=1S/C19H13ClF3N3O2/c20-14-7-3-6-13(19(21,22)23)16(14)26-18(28)25-15-9-11-5-2-1-4-10(11)8-12(15)17(24)27/h1-9H,(H2,24,27)(H2,25,26,28). The molecule has 0 aromatic heterocycles. The number of anilines is 2. The van der Waals surface area contributed by atoms with Crippen molar-refractivity contribution in [1.29, 1.82) is 0 Å². The third kappa shape index (κ3) is 4.01. The molecule has 3 rings (SSSR count). The minimum Gasteiger partial charge on any atom is -0.366 e. The molecule has 3 amide bonds. The topological polar surface area (TPSA) is 84.2 Å². The average molecular weight is 408 g/mol. The molecule has 3 aromatic carbocycles. The maximum absolute atomic E-state index is 13.2. The predicted octanol–water partition coefficient (Wildman–Crippen LogP) is 5.25. The van der Waals surface area contributed by atoms with Gasteiger partial charge in [-0.05, 0) is 35.0 Å². The third-order valence-electron chi connectivity index (χ3n) is 3.96. The van der Waals surface area contributed by atoms with Crippen LogP contribution in [0.1, 0.15) is 15.9 Å². The van der Waals surface area contributed by atoms with Crippen LogP contribution in [0, 0.1) is 0 Å². The first kappa shape index (κ1) is 19.5. The van der Waals surface area contributed by atoms with E-state index in [2.05, 4.69) is 10.6 Å².